The molecule has 7 nitrogen and oxygen atoms in total. The van der Waals surface area contributed by atoms with Crippen LogP contribution in [0.4, 0.5) is 4.39 Å². The van der Waals surface area contributed by atoms with Gasteiger partial charge in [0.1, 0.15) is 11.5 Å². The number of halogens is 1. The number of aromatic nitrogens is 2. The van der Waals surface area contributed by atoms with Crippen molar-refractivity contribution in [3.63, 3.8) is 0 Å². The molecular weight excluding hydrogens is 363 g/mol. The lowest BCUT2D eigenvalue weighted by atomic mass is 10.1. The number of hydrogen-bond donors (Lipinski definition) is 1. The summed E-state index contributed by atoms with van der Waals surface area (Å²) in [7, 11) is 0. The maximum Gasteiger partial charge on any atom is 0.290 e. The highest BCUT2D eigenvalue weighted by atomic mass is 19.1. The largest absolute Gasteiger partial charge is 0.378 e. The average Bonchev–Trinajstić information content (AvgIpc) is 3.13. The standard InChI is InChI=1S/C20H23FN4O3/c21-15-6-2-1-5-14(15)13-22-19(26)17-16-7-3-4-8-25(16)18(23-17)20(27)24-9-11-28-12-10-24/h1-2,5-6H,3-4,7-13H2,(H,22,26). The molecule has 4 rings (SSSR count). The molecule has 0 atom stereocenters. The van der Waals surface area contributed by atoms with Crippen molar-refractivity contribution in [1.82, 2.24) is 19.8 Å². The van der Waals surface area contributed by atoms with E-state index in [-0.39, 0.29) is 29.9 Å². The van der Waals surface area contributed by atoms with Gasteiger partial charge in [0.05, 0.1) is 18.9 Å². The molecule has 2 aliphatic rings. The fraction of sp³-hybridized carbons (Fsp3) is 0.450. The first-order valence-electron chi connectivity index (χ1n) is 9.63. The summed E-state index contributed by atoms with van der Waals surface area (Å²) in [5.41, 5.74) is 1.47. The Bertz CT molecular complexity index is 890. The number of fused-ring (bicyclic) bond motifs is 1. The Balaban J connectivity index is 1.56. The van der Waals surface area contributed by atoms with Crippen molar-refractivity contribution in [2.75, 3.05) is 26.3 Å². The molecule has 28 heavy (non-hydrogen) atoms. The van der Waals surface area contributed by atoms with E-state index in [9.17, 15) is 14.0 Å². The van der Waals surface area contributed by atoms with Gasteiger partial charge in [-0.2, -0.15) is 0 Å². The van der Waals surface area contributed by atoms with Crippen LogP contribution in [0.2, 0.25) is 0 Å². The van der Waals surface area contributed by atoms with Gasteiger partial charge >= 0.3 is 0 Å². The van der Waals surface area contributed by atoms with Crippen LogP contribution in [0.3, 0.4) is 0 Å². The number of ether oxygens (including phenoxy) is 1. The van der Waals surface area contributed by atoms with Gasteiger partial charge in [-0.1, -0.05) is 18.2 Å². The molecule has 1 N–H and O–H groups in total. The molecule has 2 amide bonds. The van der Waals surface area contributed by atoms with Crippen LogP contribution in [-0.4, -0.2) is 52.6 Å². The average molecular weight is 386 g/mol. The van der Waals surface area contributed by atoms with E-state index < -0.39 is 0 Å². The summed E-state index contributed by atoms with van der Waals surface area (Å²) >= 11 is 0. The highest BCUT2D eigenvalue weighted by molar-refractivity contribution is 5.97. The molecule has 1 aromatic carbocycles. The first-order valence-corrected chi connectivity index (χ1v) is 9.63. The minimum absolute atomic E-state index is 0.0740. The summed E-state index contributed by atoms with van der Waals surface area (Å²) in [5, 5.41) is 2.74. The van der Waals surface area contributed by atoms with E-state index >= 15 is 0 Å². The van der Waals surface area contributed by atoms with Crippen LogP contribution >= 0.6 is 0 Å². The topological polar surface area (TPSA) is 76.5 Å². The zero-order valence-electron chi connectivity index (χ0n) is 15.6. The molecule has 1 fully saturated rings. The molecule has 1 aromatic heterocycles. The number of amides is 2. The molecule has 1 saturated heterocycles. The zero-order chi connectivity index (χ0) is 19.5. The summed E-state index contributed by atoms with van der Waals surface area (Å²) < 4.78 is 21.0. The first kappa shape index (κ1) is 18.6. The predicted molar refractivity (Wildman–Crippen MR) is 99.5 cm³/mol. The van der Waals surface area contributed by atoms with Gasteiger partial charge in [-0.25, -0.2) is 9.37 Å². The maximum atomic E-state index is 13.8. The fourth-order valence-electron chi connectivity index (χ4n) is 3.70. The van der Waals surface area contributed by atoms with Crippen molar-refractivity contribution in [3.05, 3.63) is 52.9 Å². The van der Waals surface area contributed by atoms with Gasteiger partial charge in [0.2, 0.25) is 0 Å². The third-order valence-electron chi connectivity index (χ3n) is 5.22. The molecule has 0 unspecified atom stereocenters. The van der Waals surface area contributed by atoms with E-state index in [0.717, 1.165) is 18.5 Å². The smallest absolute Gasteiger partial charge is 0.290 e. The van der Waals surface area contributed by atoms with Crippen LogP contribution in [0.25, 0.3) is 0 Å². The molecule has 2 aliphatic heterocycles. The van der Waals surface area contributed by atoms with Gasteiger partial charge in [0, 0.05) is 31.7 Å². The van der Waals surface area contributed by atoms with Crippen molar-refractivity contribution in [1.29, 1.82) is 0 Å². The van der Waals surface area contributed by atoms with Crippen LogP contribution in [0, 0.1) is 5.82 Å². The Labute approximate surface area is 162 Å². The fourth-order valence-corrected chi connectivity index (χ4v) is 3.70. The van der Waals surface area contributed by atoms with E-state index in [1.165, 1.54) is 6.07 Å². The number of carbonyl (C=O) groups is 2. The van der Waals surface area contributed by atoms with Crippen LogP contribution in [-0.2, 0) is 24.2 Å². The normalized spacial score (nSPS) is 16.5. The Morgan fingerprint density at radius 1 is 1.14 bits per heavy atom. The molecule has 0 aliphatic carbocycles. The van der Waals surface area contributed by atoms with E-state index in [0.29, 0.717) is 50.7 Å². The van der Waals surface area contributed by atoms with Gasteiger partial charge in [-0.3, -0.25) is 9.59 Å². The highest BCUT2D eigenvalue weighted by Gasteiger charge is 2.30. The Morgan fingerprint density at radius 2 is 1.93 bits per heavy atom. The predicted octanol–water partition coefficient (Wildman–Crippen LogP) is 1.76. The lowest BCUT2D eigenvalue weighted by Gasteiger charge is -2.27. The Kier molecular flexibility index (Phi) is 5.38. The highest BCUT2D eigenvalue weighted by Crippen LogP contribution is 2.22. The summed E-state index contributed by atoms with van der Waals surface area (Å²) in [6, 6.07) is 6.32. The zero-order valence-corrected chi connectivity index (χ0v) is 15.6. The number of nitrogens with one attached hydrogen (secondary N) is 1. The van der Waals surface area contributed by atoms with E-state index in [2.05, 4.69) is 10.3 Å². The lowest BCUT2D eigenvalue weighted by Crippen LogP contribution is -2.42. The number of hydrogen-bond acceptors (Lipinski definition) is 4. The number of morpholine rings is 1. The van der Waals surface area contributed by atoms with Gasteiger partial charge < -0.3 is 19.5 Å². The molecule has 0 spiro atoms. The van der Waals surface area contributed by atoms with E-state index in [1.54, 1.807) is 23.1 Å². The summed E-state index contributed by atoms with van der Waals surface area (Å²) in [6.07, 6.45) is 2.60. The monoisotopic (exact) mass is 386 g/mol. The number of benzene rings is 1. The van der Waals surface area contributed by atoms with Crippen LogP contribution in [0.1, 0.15) is 45.2 Å². The number of nitrogens with zero attached hydrogens (tertiary/aromatic N) is 3. The molecule has 3 heterocycles. The lowest BCUT2D eigenvalue weighted by molar-refractivity contribution is 0.0291. The molecule has 2 aromatic rings. The molecule has 0 saturated carbocycles. The van der Waals surface area contributed by atoms with Crippen molar-refractivity contribution in [3.8, 4) is 0 Å². The minimum Gasteiger partial charge on any atom is -0.378 e. The summed E-state index contributed by atoms with van der Waals surface area (Å²) in [6.45, 7) is 2.81. The van der Waals surface area contributed by atoms with E-state index in [1.807, 2.05) is 4.57 Å². The SMILES string of the molecule is O=C(NCc1ccccc1F)c1nc(C(=O)N2CCOCC2)n2c1CCCC2. The van der Waals surface area contributed by atoms with Crippen molar-refractivity contribution in [2.24, 2.45) is 0 Å². The molecule has 0 bridgehead atoms. The van der Waals surface area contributed by atoms with Crippen molar-refractivity contribution < 1.29 is 18.7 Å². The third kappa shape index (κ3) is 3.64. The van der Waals surface area contributed by atoms with Gasteiger partial charge in [0.25, 0.3) is 11.8 Å². The third-order valence-corrected chi connectivity index (χ3v) is 5.22. The quantitative estimate of drug-likeness (QED) is 0.869. The van der Waals surface area contributed by atoms with Crippen LogP contribution in [0.15, 0.2) is 24.3 Å². The van der Waals surface area contributed by atoms with Crippen molar-refractivity contribution in [2.45, 2.75) is 32.4 Å². The number of rotatable bonds is 4. The second-order valence-electron chi connectivity index (χ2n) is 7.02. The minimum atomic E-state index is -0.380. The van der Waals surface area contributed by atoms with Gasteiger partial charge in [0.15, 0.2) is 5.82 Å². The number of imidazole rings is 1. The second kappa shape index (κ2) is 8.10. The molecule has 0 radical (unpaired) electrons. The molecule has 8 heteroatoms. The Morgan fingerprint density at radius 3 is 2.71 bits per heavy atom. The van der Waals surface area contributed by atoms with Crippen molar-refractivity contribution >= 4 is 11.8 Å². The van der Waals surface area contributed by atoms with Gasteiger partial charge in [-0.15, -0.1) is 0 Å². The molecular formula is C20H23FN4O3. The maximum absolute atomic E-state index is 13.8. The van der Waals surface area contributed by atoms with Crippen LogP contribution in [0.5, 0.6) is 0 Å². The van der Waals surface area contributed by atoms with Crippen LogP contribution < -0.4 is 5.32 Å². The second-order valence-corrected chi connectivity index (χ2v) is 7.02. The van der Waals surface area contributed by atoms with E-state index in [4.69, 9.17) is 4.74 Å². The summed E-state index contributed by atoms with van der Waals surface area (Å²) in [5.74, 6) is -0.597. The summed E-state index contributed by atoms with van der Waals surface area (Å²) in [4.78, 5) is 31.8. The number of carbonyl (C=O) groups excluding carboxylic acids is 2. The molecule has 148 valence electrons. The Hall–Kier alpha value is -2.74. The van der Waals surface area contributed by atoms with Gasteiger partial charge in [-0.05, 0) is 25.3 Å². The first-order chi connectivity index (χ1) is 13.6.